The van der Waals surface area contributed by atoms with Crippen molar-refractivity contribution >= 4 is 39.8 Å². The van der Waals surface area contributed by atoms with Gasteiger partial charge in [0.2, 0.25) is 11.1 Å². The molecular weight excluding hydrogens is 435 g/mol. The van der Waals surface area contributed by atoms with Crippen molar-refractivity contribution in [2.24, 2.45) is 0 Å². The third-order valence-electron chi connectivity index (χ3n) is 4.49. The number of thiazole rings is 1. The summed E-state index contributed by atoms with van der Waals surface area (Å²) in [5.41, 5.74) is 3.34. The van der Waals surface area contributed by atoms with Crippen molar-refractivity contribution in [1.82, 2.24) is 25.2 Å². The smallest absolute Gasteiger partial charge is 0.230 e. The lowest BCUT2D eigenvalue weighted by Crippen LogP contribution is -2.22. The van der Waals surface area contributed by atoms with E-state index in [2.05, 4.69) is 27.4 Å². The Labute approximate surface area is 186 Å². The molecule has 0 saturated heterocycles. The number of tetrazole rings is 1. The van der Waals surface area contributed by atoms with Crippen molar-refractivity contribution < 1.29 is 9.18 Å². The average Bonchev–Trinajstić information content (AvgIpc) is 3.42. The number of thioether (sulfide) groups is 1. The molecule has 4 rings (SSSR count). The molecule has 31 heavy (non-hydrogen) atoms. The minimum atomic E-state index is -0.357. The number of amides is 1. The predicted octanol–water partition coefficient (Wildman–Crippen LogP) is 4.80. The highest BCUT2D eigenvalue weighted by Gasteiger charge is 2.18. The van der Waals surface area contributed by atoms with Crippen molar-refractivity contribution in [2.45, 2.75) is 31.2 Å². The summed E-state index contributed by atoms with van der Waals surface area (Å²) in [6, 6.07) is 14.0. The molecule has 0 fully saturated rings. The van der Waals surface area contributed by atoms with Crippen LogP contribution in [0.2, 0.25) is 0 Å². The highest BCUT2D eigenvalue weighted by molar-refractivity contribution is 7.98. The minimum Gasteiger partial charge on any atom is -0.274 e. The monoisotopic (exact) mass is 454 g/mol. The van der Waals surface area contributed by atoms with E-state index in [0.29, 0.717) is 21.7 Å². The van der Waals surface area contributed by atoms with Crippen LogP contribution in [0.1, 0.15) is 25.1 Å². The van der Waals surface area contributed by atoms with Crippen molar-refractivity contribution in [3.63, 3.8) is 0 Å². The number of rotatable bonds is 7. The number of carbonyl (C=O) groups excluding carboxylic acids is 1. The Hall–Kier alpha value is -3.11. The maximum absolute atomic E-state index is 13.5. The zero-order valence-electron chi connectivity index (χ0n) is 16.9. The lowest BCUT2D eigenvalue weighted by Gasteiger charge is -2.18. The molecule has 0 spiro atoms. The summed E-state index contributed by atoms with van der Waals surface area (Å²) in [4.78, 5) is 18.5. The van der Waals surface area contributed by atoms with Crippen LogP contribution in [0.4, 0.5) is 15.2 Å². The van der Waals surface area contributed by atoms with Gasteiger partial charge in [-0.05, 0) is 52.7 Å². The second kappa shape index (κ2) is 9.36. The van der Waals surface area contributed by atoms with Gasteiger partial charge in [-0.1, -0.05) is 36.9 Å². The zero-order valence-corrected chi connectivity index (χ0v) is 18.5. The number of aryl methyl sites for hydroxylation is 1. The first kappa shape index (κ1) is 21.1. The number of carbonyl (C=O) groups is 1. The average molecular weight is 455 g/mol. The molecular formula is C21H19FN6OS2. The van der Waals surface area contributed by atoms with Crippen LogP contribution in [0.5, 0.6) is 0 Å². The number of hydrogen-bond donors (Lipinski definition) is 0. The van der Waals surface area contributed by atoms with Gasteiger partial charge < -0.3 is 0 Å². The Morgan fingerprint density at radius 3 is 2.74 bits per heavy atom. The van der Waals surface area contributed by atoms with Crippen LogP contribution < -0.4 is 4.90 Å². The van der Waals surface area contributed by atoms with Gasteiger partial charge >= 0.3 is 0 Å². The number of aromatic nitrogens is 5. The van der Waals surface area contributed by atoms with Crippen molar-refractivity contribution in [3.8, 4) is 5.69 Å². The summed E-state index contributed by atoms with van der Waals surface area (Å²) >= 11 is 2.79. The standard InChI is InChI=1S/C21H19FN6OS2/c1-3-15-7-9-18(10-8-15)27(14(2)29)20-23-17(12-30-20)13-31-21-24-25-26-28(21)19-6-4-5-16(22)11-19/h4-12H,3,13H2,1-2H3. The summed E-state index contributed by atoms with van der Waals surface area (Å²) in [7, 11) is 0. The molecule has 0 aliphatic rings. The van der Waals surface area contributed by atoms with Crippen LogP contribution in [0.15, 0.2) is 59.1 Å². The van der Waals surface area contributed by atoms with Crippen LogP contribution >= 0.6 is 23.1 Å². The highest BCUT2D eigenvalue weighted by Crippen LogP contribution is 2.31. The van der Waals surface area contributed by atoms with Gasteiger partial charge in [0.25, 0.3) is 0 Å². The molecule has 1 amide bonds. The summed E-state index contributed by atoms with van der Waals surface area (Å²) in [5, 5.41) is 14.7. The third kappa shape index (κ3) is 4.80. The molecule has 0 radical (unpaired) electrons. The molecule has 2 aromatic carbocycles. The van der Waals surface area contributed by atoms with Crippen LogP contribution in [0.3, 0.4) is 0 Å². The number of hydrogen-bond acceptors (Lipinski definition) is 7. The van der Waals surface area contributed by atoms with E-state index in [4.69, 9.17) is 0 Å². The molecule has 0 aliphatic carbocycles. The van der Waals surface area contributed by atoms with Gasteiger partial charge in [0.1, 0.15) is 5.82 Å². The van der Waals surface area contributed by atoms with E-state index in [-0.39, 0.29) is 11.7 Å². The first-order chi connectivity index (χ1) is 15.0. The number of benzene rings is 2. The molecule has 0 aliphatic heterocycles. The zero-order chi connectivity index (χ0) is 21.8. The summed E-state index contributed by atoms with van der Waals surface area (Å²) in [6.07, 6.45) is 0.939. The minimum absolute atomic E-state index is 0.104. The van der Waals surface area contributed by atoms with Crippen molar-refractivity contribution in [2.75, 3.05) is 4.90 Å². The van der Waals surface area contributed by atoms with E-state index in [0.717, 1.165) is 17.8 Å². The molecule has 0 unspecified atom stereocenters. The molecule has 158 valence electrons. The predicted molar refractivity (Wildman–Crippen MR) is 119 cm³/mol. The summed E-state index contributed by atoms with van der Waals surface area (Å²) in [5.74, 6) is 0.0458. The van der Waals surface area contributed by atoms with E-state index in [1.807, 2.05) is 29.6 Å². The Morgan fingerprint density at radius 2 is 2.03 bits per heavy atom. The van der Waals surface area contributed by atoms with Crippen molar-refractivity contribution in [1.29, 1.82) is 0 Å². The third-order valence-corrected chi connectivity index (χ3v) is 6.32. The summed E-state index contributed by atoms with van der Waals surface area (Å²) in [6.45, 7) is 3.61. The molecule has 0 N–H and O–H groups in total. The van der Waals surface area contributed by atoms with Gasteiger partial charge in [-0.2, -0.15) is 4.68 Å². The lowest BCUT2D eigenvalue weighted by atomic mass is 10.1. The normalized spacial score (nSPS) is 10.9. The second-order valence-electron chi connectivity index (χ2n) is 6.64. The van der Waals surface area contributed by atoms with E-state index in [9.17, 15) is 9.18 Å². The Kier molecular flexibility index (Phi) is 6.38. The second-order valence-corrected chi connectivity index (χ2v) is 8.42. The Balaban J connectivity index is 1.50. The molecule has 7 nitrogen and oxygen atoms in total. The van der Waals surface area contributed by atoms with Crippen LogP contribution in [-0.4, -0.2) is 31.1 Å². The van der Waals surface area contributed by atoms with Gasteiger partial charge in [0.05, 0.1) is 17.1 Å². The number of anilines is 2. The van der Waals surface area contributed by atoms with Gasteiger partial charge in [-0.25, -0.2) is 9.37 Å². The quantitative estimate of drug-likeness (QED) is 0.374. The Bertz CT molecular complexity index is 1190. The lowest BCUT2D eigenvalue weighted by molar-refractivity contribution is -0.115. The topological polar surface area (TPSA) is 76.8 Å². The SMILES string of the molecule is CCc1ccc(N(C(C)=O)c2nc(CSc3nnnn3-c3cccc(F)c3)cs2)cc1. The molecule has 0 bridgehead atoms. The fourth-order valence-corrected chi connectivity index (χ4v) is 4.73. The van der Waals surface area contributed by atoms with E-state index >= 15 is 0 Å². The summed E-state index contributed by atoms with van der Waals surface area (Å²) < 4.78 is 15.0. The fraction of sp³-hybridized carbons (Fsp3) is 0.190. The molecule has 0 atom stereocenters. The first-order valence-corrected chi connectivity index (χ1v) is 11.4. The van der Waals surface area contributed by atoms with E-state index in [1.54, 1.807) is 17.0 Å². The molecule has 2 heterocycles. The first-order valence-electron chi connectivity index (χ1n) is 9.56. The number of halogens is 1. The molecule has 10 heteroatoms. The highest BCUT2D eigenvalue weighted by atomic mass is 32.2. The fourth-order valence-electron chi connectivity index (χ4n) is 2.95. The van der Waals surface area contributed by atoms with Crippen molar-refractivity contribution in [3.05, 3.63) is 71.0 Å². The van der Waals surface area contributed by atoms with Gasteiger partial charge in [0, 0.05) is 18.1 Å². The maximum atomic E-state index is 13.5. The Morgan fingerprint density at radius 1 is 1.23 bits per heavy atom. The molecule has 4 aromatic rings. The van der Waals surface area contributed by atoms with Gasteiger partial charge in [-0.15, -0.1) is 16.4 Å². The van der Waals surface area contributed by atoms with E-state index in [1.165, 1.54) is 52.4 Å². The maximum Gasteiger partial charge on any atom is 0.230 e. The van der Waals surface area contributed by atoms with Gasteiger partial charge in [-0.3, -0.25) is 9.69 Å². The van der Waals surface area contributed by atoms with Gasteiger partial charge in [0.15, 0.2) is 5.13 Å². The van der Waals surface area contributed by atoms with Crippen LogP contribution in [0, 0.1) is 5.82 Å². The van der Waals surface area contributed by atoms with Crippen LogP contribution in [0.25, 0.3) is 5.69 Å². The van der Waals surface area contributed by atoms with Crippen LogP contribution in [-0.2, 0) is 17.0 Å². The largest absolute Gasteiger partial charge is 0.274 e. The molecule has 2 aromatic heterocycles. The molecule has 0 saturated carbocycles. The van der Waals surface area contributed by atoms with E-state index < -0.39 is 0 Å². The number of nitrogens with zero attached hydrogens (tertiary/aromatic N) is 6.